The fraction of sp³-hybridized carbons (Fsp3) is 1.00. The molecular formula is C9H17I2N3O2S. The van der Waals surface area contributed by atoms with Crippen LogP contribution in [-0.2, 0) is 10.0 Å². The van der Waals surface area contributed by atoms with Gasteiger partial charge in [-0.15, -0.1) is 0 Å². The van der Waals surface area contributed by atoms with E-state index in [1.807, 2.05) is 0 Å². The van der Waals surface area contributed by atoms with E-state index in [0.717, 1.165) is 24.2 Å². The van der Waals surface area contributed by atoms with E-state index in [9.17, 15) is 8.42 Å². The second-order valence-electron chi connectivity index (χ2n) is 4.72. The number of primary sulfonamides is 1. The molecule has 0 radical (unpaired) electrons. The quantitative estimate of drug-likeness (QED) is 0.361. The van der Waals surface area contributed by atoms with Gasteiger partial charge in [-0.3, -0.25) is 9.80 Å². The Morgan fingerprint density at radius 3 is 2.47 bits per heavy atom. The van der Waals surface area contributed by atoms with Gasteiger partial charge in [-0.2, -0.15) is 0 Å². The first-order valence-corrected chi connectivity index (χ1v) is 9.99. The van der Waals surface area contributed by atoms with Crippen LogP contribution in [-0.4, -0.2) is 57.7 Å². The van der Waals surface area contributed by atoms with Crippen LogP contribution >= 0.6 is 45.2 Å². The molecule has 2 N–H and O–H groups in total. The summed E-state index contributed by atoms with van der Waals surface area (Å²) in [4.78, 5) is 4.82. The molecular weight excluding hydrogens is 468 g/mol. The fourth-order valence-electron chi connectivity index (χ4n) is 2.46. The Balaban J connectivity index is 1.89. The lowest BCUT2D eigenvalue weighted by Gasteiger charge is -2.49. The number of nitrogens with zero attached hydrogens (tertiary/aromatic N) is 2. The van der Waals surface area contributed by atoms with Gasteiger partial charge >= 0.3 is 0 Å². The van der Waals surface area contributed by atoms with Gasteiger partial charge in [0.2, 0.25) is 10.0 Å². The lowest BCUT2D eigenvalue weighted by atomic mass is 10.0. The molecule has 2 heterocycles. The highest BCUT2D eigenvalue weighted by molar-refractivity contribution is 14.1. The summed E-state index contributed by atoms with van der Waals surface area (Å²) in [5.41, 5.74) is 0. The van der Waals surface area contributed by atoms with Gasteiger partial charge in [-0.1, -0.05) is 45.2 Å². The predicted octanol–water partition coefficient (Wildman–Crippen LogP) is 0.577. The highest BCUT2D eigenvalue weighted by Crippen LogP contribution is 2.30. The number of hydrogen-bond acceptors (Lipinski definition) is 4. The van der Waals surface area contributed by atoms with E-state index in [2.05, 4.69) is 55.0 Å². The van der Waals surface area contributed by atoms with Crippen LogP contribution in [0.15, 0.2) is 0 Å². The molecule has 0 aromatic rings. The van der Waals surface area contributed by atoms with Gasteiger partial charge in [-0.05, 0) is 12.8 Å². The summed E-state index contributed by atoms with van der Waals surface area (Å²) in [5, 5.41) is 4.88. The molecule has 2 aliphatic heterocycles. The molecule has 100 valence electrons. The topological polar surface area (TPSA) is 66.6 Å². The van der Waals surface area contributed by atoms with Gasteiger partial charge in [0.25, 0.3) is 0 Å². The standard InChI is InChI=1S/C9H17I2N3O2S/c10-6-13-4-7(5-13)14-2-1-8(3-9(14)11)17(12,15)16/h7-9H,1-6H2,(H2,12,15,16). The summed E-state index contributed by atoms with van der Waals surface area (Å²) in [6.45, 7) is 3.08. The van der Waals surface area contributed by atoms with Crippen molar-refractivity contribution < 1.29 is 8.42 Å². The van der Waals surface area contributed by atoms with Crippen LogP contribution < -0.4 is 5.14 Å². The Morgan fingerprint density at radius 1 is 1.35 bits per heavy atom. The number of nitrogens with two attached hydrogens (primary N) is 1. The number of sulfonamides is 1. The van der Waals surface area contributed by atoms with E-state index < -0.39 is 10.0 Å². The lowest BCUT2D eigenvalue weighted by molar-refractivity contribution is 0.0336. The second kappa shape index (κ2) is 5.73. The van der Waals surface area contributed by atoms with E-state index in [0.29, 0.717) is 22.9 Å². The third kappa shape index (κ3) is 3.44. The fourth-order valence-corrected chi connectivity index (χ4v) is 5.60. The monoisotopic (exact) mass is 485 g/mol. The van der Waals surface area contributed by atoms with Crippen LogP contribution in [0.25, 0.3) is 0 Å². The molecule has 2 aliphatic rings. The van der Waals surface area contributed by atoms with Crippen LogP contribution in [0.4, 0.5) is 0 Å². The third-order valence-electron chi connectivity index (χ3n) is 3.57. The number of piperidine rings is 1. The van der Waals surface area contributed by atoms with Crippen molar-refractivity contribution in [2.45, 2.75) is 28.2 Å². The Bertz CT molecular complexity index is 372. The Labute approximate surface area is 130 Å². The molecule has 0 bridgehead atoms. The predicted molar refractivity (Wildman–Crippen MR) is 84.9 cm³/mol. The molecule has 2 unspecified atom stereocenters. The van der Waals surface area contributed by atoms with Crippen molar-refractivity contribution in [2.24, 2.45) is 5.14 Å². The molecule has 17 heavy (non-hydrogen) atoms. The zero-order valence-corrected chi connectivity index (χ0v) is 14.6. The molecule has 0 spiro atoms. The molecule has 8 heteroatoms. The number of alkyl halides is 2. The number of likely N-dealkylation sites (tertiary alicyclic amines) is 2. The van der Waals surface area contributed by atoms with E-state index >= 15 is 0 Å². The molecule has 0 aliphatic carbocycles. The largest absolute Gasteiger partial charge is 0.291 e. The number of hydrogen-bond donors (Lipinski definition) is 1. The van der Waals surface area contributed by atoms with Crippen molar-refractivity contribution in [1.29, 1.82) is 0 Å². The van der Waals surface area contributed by atoms with E-state index in [4.69, 9.17) is 5.14 Å². The number of rotatable bonds is 3. The van der Waals surface area contributed by atoms with Crippen molar-refractivity contribution in [1.82, 2.24) is 9.80 Å². The van der Waals surface area contributed by atoms with Crippen LogP contribution in [0.5, 0.6) is 0 Å². The molecule has 2 rings (SSSR count). The van der Waals surface area contributed by atoms with Crippen molar-refractivity contribution >= 4 is 55.2 Å². The van der Waals surface area contributed by atoms with Crippen molar-refractivity contribution in [2.75, 3.05) is 24.2 Å². The Kier molecular flexibility index (Phi) is 4.96. The Hall–Kier alpha value is 1.29. The smallest absolute Gasteiger partial charge is 0.212 e. The lowest BCUT2D eigenvalue weighted by Crippen LogP contribution is -2.62. The van der Waals surface area contributed by atoms with Crippen molar-refractivity contribution in [3.05, 3.63) is 0 Å². The van der Waals surface area contributed by atoms with Crippen LogP contribution in [0.3, 0.4) is 0 Å². The molecule has 5 nitrogen and oxygen atoms in total. The summed E-state index contributed by atoms with van der Waals surface area (Å²) in [6, 6.07) is 0.605. The summed E-state index contributed by atoms with van der Waals surface area (Å²) >= 11 is 4.73. The van der Waals surface area contributed by atoms with Gasteiger partial charge < -0.3 is 0 Å². The molecule has 2 atom stereocenters. The van der Waals surface area contributed by atoms with Crippen LogP contribution in [0.2, 0.25) is 0 Å². The van der Waals surface area contributed by atoms with Crippen molar-refractivity contribution in [3.63, 3.8) is 0 Å². The normalized spacial score (nSPS) is 33.6. The maximum Gasteiger partial charge on any atom is 0.212 e. The average molecular weight is 485 g/mol. The second-order valence-corrected chi connectivity index (χ2v) is 8.68. The van der Waals surface area contributed by atoms with Gasteiger partial charge in [-0.25, -0.2) is 13.6 Å². The Morgan fingerprint density at radius 2 is 2.00 bits per heavy atom. The summed E-state index contributed by atoms with van der Waals surface area (Å²) < 4.78 is 24.0. The first-order chi connectivity index (χ1) is 7.91. The van der Waals surface area contributed by atoms with E-state index in [1.165, 1.54) is 0 Å². The molecule has 2 fully saturated rings. The average Bonchev–Trinajstić information content (AvgIpc) is 2.17. The highest BCUT2D eigenvalue weighted by atomic mass is 127. The SMILES string of the molecule is NS(=O)(=O)C1CCN(C2CN(CI)C2)C(I)C1. The minimum absolute atomic E-state index is 0.297. The van der Waals surface area contributed by atoms with E-state index in [-0.39, 0.29) is 5.25 Å². The number of halogens is 2. The molecule has 0 aromatic heterocycles. The van der Waals surface area contributed by atoms with E-state index in [1.54, 1.807) is 0 Å². The summed E-state index contributed by atoms with van der Waals surface area (Å²) in [7, 11) is -3.36. The van der Waals surface area contributed by atoms with Crippen molar-refractivity contribution in [3.8, 4) is 0 Å². The maximum atomic E-state index is 11.3. The van der Waals surface area contributed by atoms with Crippen LogP contribution in [0.1, 0.15) is 12.8 Å². The van der Waals surface area contributed by atoms with Gasteiger partial charge in [0, 0.05) is 25.7 Å². The summed E-state index contributed by atoms with van der Waals surface area (Å²) in [5.74, 6) is 0. The highest BCUT2D eigenvalue weighted by Gasteiger charge is 2.39. The van der Waals surface area contributed by atoms with Crippen LogP contribution in [0, 0.1) is 0 Å². The first-order valence-electron chi connectivity index (χ1n) is 5.61. The molecule has 0 amide bonds. The minimum Gasteiger partial charge on any atom is -0.291 e. The first kappa shape index (κ1) is 14.7. The third-order valence-corrected chi connectivity index (χ3v) is 7.11. The van der Waals surface area contributed by atoms with Gasteiger partial charge in [0.15, 0.2) is 0 Å². The molecule has 0 aromatic carbocycles. The zero-order valence-electron chi connectivity index (χ0n) is 9.43. The van der Waals surface area contributed by atoms with Gasteiger partial charge in [0.1, 0.15) is 0 Å². The molecule has 2 saturated heterocycles. The van der Waals surface area contributed by atoms with Gasteiger partial charge in [0.05, 0.1) is 13.8 Å². The summed E-state index contributed by atoms with van der Waals surface area (Å²) in [6.07, 6.45) is 1.35. The molecule has 0 saturated carbocycles. The maximum absolute atomic E-state index is 11.3. The minimum atomic E-state index is -3.36. The zero-order chi connectivity index (χ0) is 12.6.